The predicted octanol–water partition coefficient (Wildman–Crippen LogP) is 8.04. The van der Waals surface area contributed by atoms with Gasteiger partial charge >= 0.3 is 33.1 Å². The van der Waals surface area contributed by atoms with Gasteiger partial charge in [-0.25, -0.2) is 97.4 Å². The van der Waals surface area contributed by atoms with Crippen molar-refractivity contribution < 1.29 is 138 Å². The summed E-state index contributed by atoms with van der Waals surface area (Å²) in [5.74, 6) is -72.5. The lowest BCUT2D eigenvalue weighted by atomic mass is 9.12. The number of nitro benzene ring substituents is 2. The summed E-state index contributed by atoms with van der Waals surface area (Å²) in [4.78, 5) is 46.2. The van der Waals surface area contributed by atoms with Gasteiger partial charge in [-0.1, -0.05) is 34.8 Å². The summed E-state index contributed by atoms with van der Waals surface area (Å²) in [5.41, 5.74) is -14.7. The molecular formula is C46H12BF20IN2O8S2. The van der Waals surface area contributed by atoms with Crippen LogP contribution < -0.4 is 52.5 Å². The minimum Gasteiger partial charge on any atom is -0.422 e. The largest absolute Gasteiger partial charge is 0.422 e. The molecule has 0 unspecified atom stereocenters. The van der Waals surface area contributed by atoms with Crippen molar-refractivity contribution >= 4 is 74.0 Å². The first-order valence-corrected chi connectivity index (χ1v) is 24.3. The standard InChI is InChI=1S/C24BF20.C22H12IN2O8S2/c26-5-1(6(27)14(35)21(42)13(5)34)25(2-7(28)15(36)22(43)16(37)8(2)29,3-9(30)17(38)23(44)18(39)10(3)31)4-11(32)19(40)24(45)20(41)12(4)33;26-21(32-15-5-1-3-13(11-15)24(28)29)17-7-9-19(34-17)23-20-10-8-18(35-20)22(27)33-16-6-2-4-14(12-16)25(30)31/h;1-12H/q-1;+1. The van der Waals surface area contributed by atoms with E-state index >= 15 is 35.1 Å². The summed E-state index contributed by atoms with van der Waals surface area (Å²) in [6, 6.07) is 17.6. The molecule has 0 amide bonds. The highest BCUT2D eigenvalue weighted by atomic mass is 127. The lowest BCUT2D eigenvalue weighted by Gasteiger charge is -2.44. The topological polar surface area (TPSA) is 139 Å². The third kappa shape index (κ3) is 10.5. The van der Waals surface area contributed by atoms with Gasteiger partial charge in [0.25, 0.3) is 11.4 Å². The van der Waals surface area contributed by atoms with Crippen LogP contribution in [0.5, 0.6) is 11.5 Å². The summed E-state index contributed by atoms with van der Waals surface area (Å²) >= 11 is 1.83. The summed E-state index contributed by atoms with van der Waals surface area (Å²) in [6.45, 7) is 0. The van der Waals surface area contributed by atoms with Crippen molar-refractivity contribution in [3.63, 3.8) is 0 Å². The van der Waals surface area contributed by atoms with Gasteiger partial charge in [0.2, 0.25) is 5.77 Å². The maximum Gasteiger partial charge on any atom is 0.381 e. The van der Waals surface area contributed by atoms with Gasteiger partial charge in [0.1, 0.15) is 73.9 Å². The molecule has 10 nitrogen and oxygen atoms in total. The Hall–Kier alpha value is -8.15. The van der Waals surface area contributed by atoms with Crippen LogP contribution >= 0.6 is 22.7 Å². The maximum atomic E-state index is 15.4. The number of nitro groups is 2. The first-order chi connectivity index (χ1) is 37.5. The van der Waals surface area contributed by atoms with Crippen LogP contribution in [0.4, 0.5) is 99.2 Å². The van der Waals surface area contributed by atoms with Crippen molar-refractivity contribution in [2.75, 3.05) is 0 Å². The van der Waals surface area contributed by atoms with Crippen molar-refractivity contribution in [3.8, 4) is 11.5 Å². The van der Waals surface area contributed by atoms with E-state index < -0.39 is 187 Å². The zero-order valence-corrected chi connectivity index (χ0v) is 41.2. The summed E-state index contributed by atoms with van der Waals surface area (Å²) < 4.78 is 306. The normalized spacial score (nSPS) is 11.3. The number of thiophene rings is 2. The fourth-order valence-corrected chi connectivity index (χ4v) is 13.6. The zero-order chi connectivity index (χ0) is 59.3. The fourth-order valence-electron chi connectivity index (χ4n) is 7.55. The van der Waals surface area contributed by atoms with Gasteiger partial charge in [-0.05, 0) is 24.3 Å². The Morgan fingerprint density at radius 2 is 0.613 bits per heavy atom. The zero-order valence-electron chi connectivity index (χ0n) is 37.4. The molecule has 0 aliphatic carbocycles. The van der Waals surface area contributed by atoms with Crippen molar-refractivity contribution in [1.29, 1.82) is 0 Å². The first-order valence-electron chi connectivity index (χ1n) is 20.5. The predicted molar refractivity (Wildman–Crippen MR) is 231 cm³/mol. The van der Waals surface area contributed by atoms with Crippen LogP contribution in [0.2, 0.25) is 0 Å². The van der Waals surface area contributed by atoms with E-state index in [1.165, 1.54) is 71.2 Å². The number of esters is 2. The molecule has 0 bridgehead atoms. The van der Waals surface area contributed by atoms with Crippen molar-refractivity contribution in [2.24, 2.45) is 0 Å². The Balaban J connectivity index is 0.000000238. The number of hydrogen-bond acceptors (Lipinski definition) is 10. The van der Waals surface area contributed by atoms with Gasteiger partial charge in [0, 0.05) is 24.3 Å². The minimum absolute atomic E-state index is 0.0824. The van der Waals surface area contributed by atoms with Crippen molar-refractivity contribution in [3.05, 3.63) is 225 Å². The summed E-state index contributed by atoms with van der Waals surface area (Å²) in [7, 11) is 0. The van der Waals surface area contributed by atoms with Crippen LogP contribution in [0, 0.1) is 142 Å². The number of carbonyl (C=O) groups excluding carboxylic acids is 2. The maximum absolute atomic E-state index is 15.4. The molecule has 0 saturated heterocycles. The molecule has 0 aliphatic heterocycles. The number of nitrogens with zero attached hydrogens (tertiary/aromatic N) is 2. The van der Waals surface area contributed by atoms with Crippen LogP contribution in [0.3, 0.4) is 0 Å². The van der Waals surface area contributed by atoms with E-state index in [2.05, 4.69) is 0 Å². The second-order valence-electron chi connectivity index (χ2n) is 15.4. The molecule has 8 aromatic rings. The van der Waals surface area contributed by atoms with E-state index in [9.17, 15) is 82.5 Å². The average Bonchev–Trinajstić information content (AvgIpc) is 3.96. The van der Waals surface area contributed by atoms with Gasteiger partial charge in [-0.15, -0.1) is 21.9 Å². The van der Waals surface area contributed by atoms with Gasteiger partial charge in [0.05, 0.1) is 22.0 Å². The number of non-ortho nitro benzene ring substituents is 2. The highest BCUT2D eigenvalue weighted by Crippen LogP contribution is 2.31. The molecule has 8 rings (SSSR count). The van der Waals surface area contributed by atoms with E-state index in [-0.39, 0.29) is 22.9 Å². The Morgan fingerprint density at radius 3 is 0.850 bits per heavy atom. The lowest BCUT2D eigenvalue weighted by Crippen LogP contribution is -3.61. The van der Waals surface area contributed by atoms with Gasteiger partial charge in [0.15, 0.2) is 69.8 Å². The Bertz CT molecular complexity index is 3440. The quantitative estimate of drug-likeness (QED) is 0.0138. The highest BCUT2D eigenvalue weighted by Gasteiger charge is 2.52. The molecule has 34 heteroatoms. The number of ether oxygens (including phenoxy) is 2. The number of rotatable bonds is 12. The molecule has 0 fully saturated rings. The number of benzene rings is 6. The number of carbonyl (C=O) groups is 2. The van der Waals surface area contributed by atoms with Crippen LogP contribution in [0.25, 0.3) is 0 Å². The molecular weight excluding hydrogens is 1290 g/mol. The van der Waals surface area contributed by atoms with Crippen molar-refractivity contribution in [1.82, 2.24) is 0 Å². The minimum atomic E-state index is -7.22. The van der Waals surface area contributed by atoms with E-state index in [0.717, 1.165) is 5.77 Å². The molecule has 2 aromatic heterocycles. The lowest BCUT2D eigenvalue weighted by molar-refractivity contribution is -0.585. The third-order valence-electron chi connectivity index (χ3n) is 10.9. The third-order valence-corrected chi connectivity index (χ3v) is 16.8. The second kappa shape index (κ2) is 22.9. The van der Waals surface area contributed by atoms with E-state index in [1.807, 2.05) is 12.1 Å². The average molecular weight is 1300 g/mol. The van der Waals surface area contributed by atoms with E-state index in [4.69, 9.17) is 9.47 Å². The second-order valence-corrected chi connectivity index (χ2v) is 21.9. The molecule has 0 radical (unpaired) electrons. The van der Waals surface area contributed by atoms with Gasteiger partial charge in [-0.3, -0.25) is 20.2 Å². The molecule has 0 spiro atoms. The van der Waals surface area contributed by atoms with Gasteiger partial charge in [-0.2, -0.15) is 0 Å². The number of halogens is 21. The molecule has 0 atom stereocenters. The SMILES string of the molecule is Fc1c(F)c(F)c([B-](c2c(F)c(F)c(F)c(F)c2F)(c2c(F)c(F)c(F)c(F)c2F)c2c(F)c(F)c(F)c(F)c2F)c(F)c1F.O=C(Oc1cccc([N+](=O)[O-])c1)c1ccc([I+]c2ccc(C(=O)Oc3cccc([N+](=O)[O-])c3)s2)s1. The van der Waals surface area contributed by atoms with Gasteiger partial charge < -0.3 is 9.47 Å². The molecule has 0 saturated carbocycles. The molecule has 0 aliphatic rings. The molecule has 2 heterocycles. The molecule has 80 heavy (non-hydrogen) atoms. The van der Waals surface area contributed by atoms with Crippen LogP contribution in [0.1, 0.15) is 19.3 Å². The van der Waals surface area contributed by atoms with Crippen LogP contribution in [-0.4, -0.2) is 27.9 Å². The van der Waals surface area contributed by atoms with Crippen LogP contribution in [0.15, 0.2) is 72.8 Å². The highest BCUT2D eigenvalue weighted by molar-refractivity contribution is 7.20. The first kappa shape index (κ1) is 59.5. The molecule has 6 aromatic carbocycles. The summed E-state index contributed by atoms with van der Waals surface area (Å²) in [6.07, 6.45) is -7.22. The molecule has 0 N–H and O–H groups in total. The Morgan fingerprint density at radius 1 is 0.375 bits per heavy atom. The van der Waals surface area contributed by atoms with Crippen LogP contribution in [-0.2, 0) is 0 Å². The van der Waals surface area contributed by atoms with E-state index in [0.29, 0.717) is 9.75 Å². The monoisotopic (exact) mass is 1300 g/mol. The Kier molecular flexibility index (Phi) is 17.0. The smallest absolute Gasteiger partial charge is 0.381 e. The Labute approximate surface area is 446 Å². The molecule has 416 valence electrons. The number of hydrogen-bond donors (Lipinski definition) is 0. The summed E-state index contributed by atoms with van der Waals surface area (Å²) in [5, 5.41) is 21.8. The fraction of sp³-hybridized carbons (Fsp3) is 0. The van der Waals surface area contributed by atoms with Crippen molar-refractivity contribution in [2.45, 2.75) is 0 Å². The van der Waals surface area contributed by atoms with E-state index in [1.54, 1.807) is 12.1 Å².